The number of hydrogen-bond donors (Lipinski definition) is 0. The predicted molar refractivity (Wildman–Crippen MR) is 118 cm³/mol. The van der Waals surface area contributed by atoms with E-state index in [1.54, 1.807) is 24.3 Å². The van der Waals surface area contributed by atoms with E-state index < -0.39 is 11.8 Å². The van der Waals surface area contributed by atoms with Crippen LogP contribution in [0.3, 0.4) is 0 Å². The molecule has 2 amide bonds. The first-order valence-electron chi connectivity index (χ1n) is 10.1. The van der Waals surface area contributed by atoms with Gasteiger partial charge in [0.25, 0.3) is 0 Å². The first kappa shape index (κ1) is 18.8. The Balaban J connectivity index is 1.63. The van der Waals surface area contributed by atoms with Crippen molar-refractivity contribution in [2.24, 2.45) is 11.8 Å². The molecule has 1 heterocycles. The molecular weight excluding hydrogens is 394 g/mol. The van der Waals surface area contributed by atoms with Crippen molar-refractivity contribution in [3.8, 4) is 0 Å². The first-order valence-corrected chi connectivity index (χ1v) is 10.4. The van der Waals surface area contributed by atoms with Crippen LogP contribution in [-0.2, 0) is 9.59 Å². The lowest BCUT2D eigenvalue weighted by Crippen LogP contribution is -2.31. The summed E-state index contributed by atoms with van der Waals surface area (Å²) in [5, 5.41) is 0.571. The van der Waals surface area contributed by atoms with Crippen molar-refractivity contribution >= 4 is 29.1 Å². The molecule has 1 saturated heterocycles. The molecule has 2 aliphatic rings. The number of hydrogen-bond acceptors (Lipinski definition) is 2. The van der Waals surface area contributed by atoms with Gasteiger partial charge in [-0.15, -0.1) is 0 Å². The Kier molecular flexibility index (Phi) is 4.76. The number of carbonyl (C=O) groups excluding carboxylic acids is 2. The van der Waals surface area contributed by atoms with Crippen molar-refractivity contribution in [3.05, 3.63) is 113 Å². The standard InChI is InChI=1S/C26H20ClNO2/c27-19-11-13-20(14-12-19)28-25(29)23-21(17-7-3-1-4-8-17)15-16-22(24(23)26(28)30)18-9-5-2-6-10-18/h1-16,21-24H/t21-,22+,23-,24-/m1/s1. The summed E-state index contributed by atoms with van der Waals surface area (Å²) >= 11 is 6.02. The van der Waals surface area contributed by atoms with Crippen LogP contribution in [0.25, 0.3) is 0 Å². The van der Waals surface area contributed by atoms with E-state index in [1.807, 2.05) is 60.7 Å². The van der Waals surface area contributed by atoms with E-state index in [9.17, 15) is 9.59 Å². The molecule has 0 bridgehead atoms. The highest BCUT2D eigenvalue weighted by Gasteiger charge is 2.55. The quantitative estimate of drug-likeness (QED) is 0.415. The van der Waals surface area contributed by atoms with Gasteiger partial charge in [0.05, 0.1) is 17.5 Å². The Labute approximate surface area is 180 Å². The summed E-state index contributed by atoms with van der Waals surface area (Å²) in [4.78, 5) is 28.6. The molecule has 0 radical (unpaired) electrons. The zero-order valence-corrected chi connectivity index (χ0v) is 16.9. The second kappa shape index (κ2) is 7.58. The van der Waals surface area contributed by atoms with Crippen molar-refractivity contribution in [2.75, 3.05) is 4.90 Å². The molecule has 0 N–H and O–H groups in total. The van der Waals surface area contributed by atoms with Gasteiger partial charge >= 0.3 is 0 Å². The maximum atomic E-state index is 13.6. The van der Waals surface area contributed by atoms with Crippen LogP contribution in [0.5, 0.6) is 0 Å². The van der Waals surface area contributed by atoms with E-state index in [0.29, 0.717) is 10.7 Å². The van der Waals surface area contributed by atoms with Crippen LogP contribution in [0.1, 0.15) is 23.0 Å². The lowest BCUT2D eigenvalue weighted by atomic mass is 9.68. The van der Waals surface area contributed by atoms with Crippen molar-refractivity contribution in [1.29, 1.82) is 0 Å². The van der Waals surface area contributed by atoms with E-state index in [1.165, 1.54) is 4.90 Å². The minimum absolute atomic E-state index is 0.134. The zero-order valence-electron chi connectivity index (χ0n) is 16.2. The number of halogens is 1. The fraction of sp³-hybridized carbons (Fsp3) is 0.154. The maximum Gasteiger partial charge on any atom is 0.238 e. The normalized spacial score (nSPS) is 25.4. The number of fused-ring (bicyclic) bond motifs is 1. The summed E-state index contributed by atoms with van der Waals surface area (Å²) in [6.45, 7) is 0. The number of imide groups is 1. The monoisotopic (exact) mass is 413 g/mol. The van der Waals surface area contributed by atoms with Gasteiger partial charge in [-0.3, -0.25) is 9.59 Å². The van der Waals surface area contributed by atoms with Gasteiger partial charge in [-0.05, 0) is 35.4 Å². The molecule has 148 valence electrons. The third kappa shape index (κ3) is 3.06. The number of amides is 2. The van der Waals surface area contributed by atoms with Gasteiger partial charge in [-0.2, -0.15) is 0 Å². The molecule has 0 saturated carbocycles. The molecule has 0 spiro atoms. The Morgan fingerprint density at radius 2 is 1.03 bits per heavy atom. The lowest BCUT2D eigenvalue weighted by molar-refractivity contribution is -0.122. The third-order valence-corrected chi connectivity index (χ3v) is 6.40. The Morgan fingerprint density at radius 3 is 1.47 bits per heavy atom. The average molecular weight is 414 g/mol. The summed E-state index contributed by atoms with van der Waals surface area (Å²) in [6, 6.07) is 26.8. The van der Waals surface area contributed by atoms with Gasteiger partial charge in [0.2, 0.25) is 11.8 Å². The van der Waals surface area contributed by atoms with Gasteiger partial charge < -0.3 is 0 Å². The van der Waals surface area contributed by atoms with Gasteiger partial charge in [0.1, 0.15) is 0 Å². The minimum Gasteiger partial charge on any atom is -0.274 e. The number of anilines is 1. The van der Waals surface area contributed by atoms with E-state index in [4.69, 9.17) is 11.6 Å². The molecular formula is C26H20ClNO2. The van der Waals surface area contributed by atoms with Crippen molar-refractivity contribution in [3.63, 3.8) is 0 Å². The SMILES string of the molecule is O=C1[C@H]2[C@H](C(=O)N1c1ccc(Cl)cc1)[C@H](c1ccccc1)C=C[C@@H]2c1ccccc1. The van der Waals surface area contributed by atoms with Crippen LogP contribution in [0.2, 0.25) is 5.02 Å². The average Bonchev–Trinajstić information content (AvgIpc) is 3.06. The minimum atomic E-state index is -0.439. The maximum absolute atomic E-state index is 13.6. The van der Waals surface area contributed by atoms with E-state index in [2.05, 4.69) is 12.2 Å². The predicted octanol–water partition coefficient (Wildman–Crippen LogP) is 5.58. The summed E-state index contributed by atoms with van der Waals surface area (Å²) in [6.07, 6.45) is 4.20. The van der Waals surface area contributed by atoms with Gasteiger partial charge in [0.15, 0.2) is 0 Å². The van der Waals surface area contributed by atoms with Crippen molar-refractivity contribution < 1.29 is 9.59 Å². The zero-order chi connectivity index (χ0) is 20.7. The fourth-order valence-electron chi connectivity index (χ4n) is 4.78. The smallest absolute Gasteiger partial charge is 0.238 e. The Hall–Kier alpha value is -3.17. The van der Waals surface area contributed by atoms with Crippen LogP contribution < -0.4 is 4.90 Å². The van der Waals surface area contributed by atoms with Crippen molar-refractivity contribution in [1.82, 2.24) is 0 Å². The Morgan fingerprint density at radius 1 is 0.600 bits per heavy atom. The lowest BCUT2D eigenvalue weighted by Gasteiger charge is -2.32. The largest absolute Gasteiger partial charge is 0.274 e. The highest BCUT2D eigenvalue weighted by molar-refractivity contribution is 6.30. The summed E-state index contributed by atoms with van der Waals surface area (Å²) in [7, 11) is 0. The number of benzene rings is 3. The van der Waals surface area contributed by atoms with Crippen LogP contribution in [0.4, 0.5) is 5.69 Å². The van der Waals surface area contributed by atoms with Crippen LogP contribution in [-0.4, -0.2) is 11.8 Å². The molecule has 4 heteroatoms. The number of allylic oxidation sites excluding steroid dienone is 2. The molecule has 4 atom stereocenters. The molecule has 1 aliphatic carbocycles. The van der Waals surface area contributed by atoms with Gasteiger partial charge in [-0.1, -0.05) is 84.4 Å². The first-order chi connectivity index (χ1) is 14.6. The summed E-state index contributed by atoms with van der Waals surface area (Å²) < 4.78 is 0. The summed E-state index contributed by atoms with van der Waals surface area (Å²) in [5.41, 5.74) is 2.67. The third-order valence-electron chi connectivity index (χ3n) is 6.15. The second-order valence-corrected chi connectivity index (χ2v) is 8.23. The van der Waals surface area contributed by atoms with Crippen LogP contribution >= 0.6 is 11.6 Å². The molecule has 3 aromatic rings. The van der Waals surface area contributed by atoms with Crippen LogP contribution in [0, 0.1) is 11.8 Å². The highest BCUT2D eigenvalue weighted by atomic mass is 35.5. The number of rotatable bonds is 3. The molecule has 3 aromatic carbocycles. The van der Waals surface area contributed by atoms with E-state index in [0.717, 1.165) is 11.1 Å². The topological polar surface area (TPSA) is 37.4 Å². The number of carbonyl (C=O) groups is 2. The molecule has 0 unspecified atom stereocenters. The molecule has 5 rings (SSSR count). The van der Waals surface area contributed by atoms with E-state index in [-0.39, 0.29) is 23.7 Å². The molecule has 1 aliphatic heterocycles. The second-order valence-electron chi connectivity index (χ2n) is 7.80. The highest BCUT2D eigenvalue weighted by Crippen LogP contribution is 2.50. The molecule has 30 heavy (non-hydrogen) atoms. The van der Waals surface area contributed by atoms with Gasteiger partial charge in [-0.25, -0.2) is 4.90 Å². The molecule has 3 nitrogen and oxygen atoms in total. The van der Waals surface area contributed by atoms with E-state index >= 15 is 0 Å². The molecule has 1 fully saturated rings. The van der Waals surface area contributed by atoms with Gasteiger partial charge in [0, 0.05) is 16.9 Å². The fourth-order valence-corrected chi connectivity index (χ4v) is 4.90. The Bertz CT molecular complexity index is 1040. The number of nitrogens with zero attached hydrogens (tertiary/aromatic N) is 1. The van der Waals surface area contributed by atoms with Crippen molar-refractivity contribution in [2.45, 2.75) is 11.8 Å². The summed E-state index contributed by atoms with van der Waals surface area (Å²) in [5.74, 6) is -1.44. The van der Waals surface area contributed by atoms with Crippen LogP contribution in [0.15, 0.2) is 97.1 Å². The molecule has 0 aromatic heterocycles.